The van der Waals surface area contributed by atoms with Crippen molar-refractivity contribution in [3.8, 4) is 5.75 Å². The summed E-state index contributed by atoms with van der Waals surface area (Å²) in [4.78, 5) is 11.0. The van der Waals surface area contributed by atoms with Crippen LogP contribution in [-0.2, 0) is 0 Å². The molecule has 2 aromatic rings. The van der Waals surface area contributed by atoms with Gasteiger partial charge in [0.05, 0.1) is 13.4 Å². The molecule has 0 bridgehead atoms. The van der Waals surface area contributed by atoms with Gasteiger partial charge in [0.1, 0.15) is 5.56 Å². The summed E-state index contributed by atoms with van der Waals surface area (Å²) in [6.07, 6.45) is 1.49. The molecule has 0 aliphatic heterocycles. The Labute approximate surface area is 93.6 Å². The number of carbonyl (C=O) groups is 1. The molecule has 0 saturated carbocycles. The molecule has 15 heavy (non-hydrogen) atoms. The molecule has 1 N–H and O–H groups in total. The van der Waals surface area contributed by atoms with Gasteiger partial charge in [0.25, 0.3) is 0 Å². The normalized spacial score (nSPS) is 10.5. The summed E-state index contributed by atoms with van der Waals surface area (Å²) in [7, 11) is 1.41. The molecule has 0 radical (unpaired) electrons. The van der Waals surface area contributed by atoms with E-state index >= 15 is 0 Å². The van der Waals surface area contributed by atoms with Gasteiger partial charge in [-0.1, -0.05) is 15.9 Å². The Kier molecular flexibility index (Phi) is 2.40. The third-order valence-corrected chi connectivity index (χ3v) is 2.74. The van der Waals surface area contributed by atoms with Gasteiger partial charge in [-0.25, -0.2) is 4.79 Å². The molecule has 1 aromatic carbocycles. The zero-order chi connectivity index (χ0) is 11.0. The highest BCUT2D eigenvalue weighted by atomic mass is 79.9. The molecule has 0 aliphatic rings. The number of benzene rings is 1. The van der Waals surface area contributed by atoms with Gasteiger partial charge in [-0.3, -0.25) is 0 Å². The highest BCUT2D eigenvalue weighted by Crippen LogP contribution is 2.35. The van der Waals surface area contributed by atoms with Crippen molar-refractivity contribution in [3.63, 3.8) is 0 Å². The first-order chi connectivity index (χ1) is 7.15. The van der Waals surface area contributed by atoms with Crippen molar-refractivity contribution in [2.75, 3.05) is 7.11 Å². The van der Waals surface area contributed by atoms with E-state index in [1.165, 1.54) is 19.4 Å². The van der Waals surface area contributed by atoms with Crippen molar-refractivity contribution in [1.82, 2.24) is 0 Å². The Morgan fingerprint density at radius 2 is 2.33 bits per heavy atom. The zero-order valence-corrected chi connectivity index (χ0v) is 9.37. The molecule has 0 unspecified atom stereocenters. The van der Waals surface area contributed by atoms with E-state index in [0.717, 1.165) is 5.39 Å². The summed E-state index contributed by atoms with van der Waals surface area (Å²) in [6.45, 7) is 0. The van der Waals surface area contributed by atoms with Gasteiger partial charge in [0.15, 0.2) is 11.3 Å². The average molecular weight is 271 g/mol. The smallest absolute Gasteiger partial charge is 0.339 e. The number of carboxylic acids is 1. The molecule has 0 saturated heterocycles. The third-order valence-electron chi connectivity index (χ3n) is 2.08. The van der Waals surface area contributed by atoms with Crippen LogP contribution in [0.1, 0.15) is 10.4 Å². The van der Waals surface area contributed by atoms with E-state index in [-0.39, 0.29) is 11.3 Å². The van der Waals surface area contributed by atoms with Crippen molar-refractivity contribution >= 4 is 32.9 Å². The Balaban J connectivity index is 2.87. The summed E-state index contributed by atoms with van der Waals surface area (Å²) in [5, 5.41) is 9.76. The van der Waals surface area contributed by atoms with Crippen molar-refractivity contribution < 1.29 is 19.1 Å². The lowest BCUT2D eigenvalue weighted by Gasteiger charge is -2.06. The first-order valence-corrected chi connectivity index (χ1v) is 4.91. The van der Waals surface area contributed by atoms with Gasteiger partial charge in [0, 0.05) is 9.86 Å². The highest BCUT2D eigenvalue weighted by molar-refractivity contribution is 9.10. The van der Waals surface area contributed by atoms with Gasteiger partial charge >= 0.3 is 5.97 Å². The predicted molar refractivity (Wildman–Crippen MR) is 57.4 cm³/mol. The number of hydrogen-bond donors (Lipinski definition) is 1. The summed E-state index contributed by atoms with van der Waals surface area (Å²) >= 11 is 3.28. The first-order valence-electron chi connectivity index (χ1n) is 4.12. The van der Waals surface area contributed by atoms with Crippen LogP contribution in [0.4, 0.5) is 0 Å². The van der Waals surface area contributed by atoms with Gasteiger partial charge in [-0.15, -0.1) is 0 Å². The fourth-order valence-corrected chi connectivity index (χ4v) is 1.97. The molecule has 0 aliphatic carbocycles. The van der Waals surface area contributed by atoms with Crippen LogP contribution in [0.15, 0.2) is 27.3 Å². The van der Waals surface area contributed by atoms with Crippen LogP contribution >= 0.6 is 15.9 Å². The minimum atomic E-state index is -1.05. The maximum Gasteiger partial charge on any atom is 0.339 e. The van der Waals surface area contributed by atoms with Crippen LogP contribution in [0.25, 0.3) is 11.0 Å². The number of fused-ring (bicyclic) bond motifs is 1. The second-order valence-corrected chi connectivity index (χ2v) is 3.76. The van der Waals surface area contributed by atoms with E-state index in [9.17, 15) is 4.79 Å². The first kappa shape index (κ1) is 10.0. The molecule has 4 nitrogen and oxygen atoms in total. The molecule has 2 rings (SSSR count). The molecule has 1 heterocycles. The fraction of sp³-hybridized carbons (Fsp3) is 0.100. The maximum absolute atomic E-state index is 11.0. The Morgan fingerprint density at radius 3 is 2.93 bits per heavy atom. The quantitative estimate of drug-likeness (QED) is 0.912. The van der Waals surface area contributed by atoms with Crippen molar-refractivity contribution in [2.24, 2.45) is 0 Å². The Morgan fingerprint density at radius 1 is 1.60 bits per heavy atom. The number of ether oxygens (including phenoxy) is 1. The maximum atomic E-state index is 11.0. The van der Waals surface area contributed by atoms with E-state index < -0.39 is 5.97 Å². The van der Waals surface area contributed by atoms with Crippen LogP contribution in [0.5, 0.6) is 5.75 Å². The van der Waals surface area contributed by atoms with Crippen LogP contribution in [-0.4, -0.2) is 18.2 Å². The monoisotopic (exact) mass is 270 g/mol. The molecule has 1 aromatic heterocycles. The number of aromatic carboxylic acids is 1. The minimum Gasteiger partial charge on any atom is -0.492 e. The minimum absolute atomic E-state index is 0.0758. The van der Waals surface area contributed by atoms with E-state index in [4.69, 9.17) is 14.3 Å². The lowest BCUT2D eigenvalue weighted by molar-refractivity contribution is 0.0693. The Bertz CT molecular complexity index is 529. The van der Waals surface area contributed by atoms with Gasteiger partial charge in [0.2, 0.25) is 0 Å². The number of hydrogen-bond acceptors (Lipinski definition) is 3. The summed E-state index contributed by atoms with van der Waals surface area (Å²) in [6, 6.07) is 3.24. The molecular weight excluding hydrogens is 264 g/mol. The number of methoxy groups -OCH3 is 1. The van der Waals surface area contributed by atoms with Crippen molar-refractivity contribution in [2.45, 2.75) is 0 Å². The Hall–Kier alpha value is -1.49. The van der Waals surface area contributed by atoms with Gasteiger partial charge < -0.3 is 14.3 Å². The average Bonchev–Trinajstić information content (AvgIpc) is 2.66. The SMILES string of the molecule is COc1c(C(=O)O)cc(Br)c2ccoc12. The van der Waals surface area contributed by atoms with Crippen LogP contribution in [0.2, 0.25) is 0 Å². The molecule has 0 fully saturated rings. The molecule has 0 spiro atoms. The topological polar surface area (TPSA) is 59.7 Å². The largest absolute Gasteiger partial charge is 0.492 e. The van der Waals surface area contributed by atoms with Crippen LogP contribution in [0.3, 0.4) is 0 Å². The standard InChI is InChI=1S/C10H7BrO4/c1-14-8-6(10(12)13)4-7(11)5-2-3-15-9(5)8/h2-4H,1H3,(H,12,13). The molecule has 5 heteroatoms. The lowest BCUT2D eigenvalue weighted by Crippen LogP contribution is -2.00. The van der Waals surface area contributed by atoms with Crippen LogP contribution in [0, 0.1) is 0 Å². The molecular formula is C10H7BrO4. The molecule has 0 amide bonds. The third kappa shape index (κ3) is 1.48. The predicted octanol–water partition coefficient (Wildman–Crippen LogP) is 2.90. The summed E-state index contributed by atoms with van der Waals surface area (Å²) in [5.41, 5.74) is 0.510. The summed E-state index contributed by atoms with van der Waals surface area (Å²) < 4.78 is 10.9. The lowest BCUT2D eigenvalue weighted by atomic mass is 10.1. The molecule has 0 atom stereocenters. The van der Waals surface area contributed by atoms with Crippen molar-refractivity contribution in [3.05, 3.63) is 28.4 Å². The van der Waals surface area contributed by atoms with Gasteiger partial charge in [-0.2, -0.15) is 0 Å². The van der Waals surface area contributed by atoms with Crippen molar-refractivity contribution in [1.29, 1.82) is 0 Å². The van der Waals surface area contributed by atoms with E-state index in [1.54, 1.807) is 6.07 Å². The second kappa shape index (κ2) is 3.58. The van der Waals surface area contributed by atoms with E-state index in [0.29, 0.717) is 10.1 Å². The van der Waals surface area contributed by atoms with Crippen LogP contribution < -0.4 is 4.74 Å². The number of halogens is 1. The second-order valence-electron chi connectivity index (χ2n) is 2.91. The fourth-order valence-electron chi connectivity index (χ4n) is 1.43. The van der Waals surface area contributed by atoms with Gasteiger partial charge in [-0.05, 0) is 12.1 Å². The number of rotatable bonds is 2. The number of furan rings is 1. The summed E-state index contributed by atoms with van der Waals surface area (Å²) in [5.74, 6) is -0.809. The zero-order valence-electron chi connectivity index (χ0n) is 7.78. The molecule has 78 valence electrons. The van der Waals surface area contributed by atoms with E-state index in [2.05, 4.69) is 15.9 Å². The highest BCUT2D eigenvalue weighted by Gasteiger charge is 2.18. The van der Waals surface area contributed by atoms with E-state index in [1.807, 2.05) is 0 Å². The number of carboxylic acid groups (broad SMARTS) is 1.